The number of halogens is 1. The fourth-order valence-corrected chi connectivity index (χ4v) is 1.85. The molecule has 3 N–H and O–H groups in total. The Kier molecular flexibility index (Phi) is 4.05. The van der Waals surface area contributed by atoms with Crippen molar-refractivity contribution in [3.8, 4) is 0 Å². The molecule has 6 nitrogen and oxygen atoms in total. The zero-order chi connectivity index (χ0) is 14.7. The highest BCUT2D eigenvalue weighted by molar-refractivity contribution is 6.33. The van der Waals surface area contributed by atoms with Crippen molar-refractivity contribution < 1.29 is 9.90 Å². The first kappa shape index (κ1) is 14.1. The standard InChI is InChI=1S/C13H13ClN4O2/c1-7-5-11(15-2)18-13(16-7)17-8-3-4-10(14)9(6-8)12(19)20/h3-6H,1-2H3,(H,19,20)(H2,15,16,17,18). The maximum Gasteiger partial charge on any atom is 0.337 e. The van der Waals surface area contributed by atoms with Crippen molar-refractivity contribution >= 4 is 35.0 Å². The lowest BCUT2D eigenvalue weighted by atomic mass is 10.2. The minimum atomic E-state index is -1.08. The van der Waals surface area contributed by atoms with E-state index >= 15 is 0 Å². The molecule has 0 amide bonds. The van der Waals surface area contributed by atoms with Crippen LogP contribution in [-0.2, 0) is 0 Å². The summed E-state index contributed by atoms with van der Waals surface area (Å²) in [4.78, 5) is 19.5. The lowest BCUT2D eigenvalue weighted by Gasteiger charge is -2.09. The molecule has 0 saturated carbocycles. The van der Waals surface area contributed by atoms with E-state index in [-0.39, 0.29) is 10.6 Å². The zero-order valence-electron chi connectivity index (χ0n) is 10.9. The van der Waals surface area contributed by atoms with Crippen LogP contribution in [-0.4, -0.2) is 28.1 Å². The summed E-state index contributed by atoms with van der Waals surface area (Å²) in [5, 5.41) is 15.1. The van der Waals surface area contributed by atoms with Gasteiger partial charge in [0.1, 0.15) is 5.82 Å². The van der Waals surface area contributed by atoms with Gasteiger partial charge in [-0.25, -0.2) is 9.78 Å². The molecule has 0 fully saturated rings. The molecule has 0 spiro atoms. The average Bonchev–Trinajstić information content (AvgIpc) is 2.40. The van der Waals surface area contributed by atoms with Gasteiger partial charge in [-0.05, 0) is 25.1 Å². The minimum absolute atomic E-state index is 0.0261. The Hall–Kier alpha value is -2.34. The van der Waals surface area contributed by atoms with Gasteiger partial charge in [0.15, 0.2) is 0 Å². The summed E-state index contributed by atoms with van der Waals surface area (Å²) in [6, 6.07) is 6.42. The van der Waals surface area contributed by atoms with Gasteiger partial charge in [0, 0.05) is 24.5 Å². The Balaban J connectivity index is 2.32. The summed E-state index contributed by atoms with van der Waals surface area (Å²) >= 11 is 5.82. The van der Waals surface area contributed by atoms with Gasteiger partial charge in [-0.15, -0.1) is 0 Å². The molecule has 0 bridgehead atoms. The van der Waals surface area contributed by atoms with Gasteiger partial charge < -0.3 is 15.7 Å². The summed E-state index contributed by atoms with van der Waals surface area (Å²) in [6.07, 6.45) is 0. The molecular formula is C13H13ClN4O2. The summed E-state index contributed by atoms with van der Waals surface area (Å²) < 4.78 is 0. The highest BCUT2D eigenvalue weighted by Crippen LogP contribution is 2.22. The van der Waals surface area contributed by atoms with Crippen molar-refractivity contribution in [1.82, 2.24) is 9.97 Å². The van der Waals surface area contributed by atoms with Crippen LogP contribution in [0.4, 0.5) is 17.5 Å². The Morgan fingerprint density at radius 1 is 1.30 bits per heavy atom. The molecule has 1 heterocycles. The van der Waals surface area contributed by atoms with E-state index in [2.05, 4.69) is 20.6 Å². The lowest BCUT2D eigenvalue weighted by molar-refractivity contribution is 0.0697. The second kappa shape index (κ2) is 5.75. The molecule has 0 aliphatic carbocycles. The fraction of sp³-hybridized carbons (Fsp3) is 0.154. The minimum Gasteiger partial charge on any atom is -0.478 e. The van der Waals surface area contributed by atoms with Crippen LogP contribution in [0.5, 0.6) is 0 Å². The van der Waals surface area contributed by atoms with Crippen molar-refractivity contribution in [3.05, 3.63) is 40.5 Å². The number of aryl methyl sites for hydroxylation is 1. The average molecular weight is 293 g/mol. The number of hydrogen-bond donors (Lipinski definition) is 3. The molecule has 2 rings (SSSR count). The number of nitrogens with zero attached hydrogens (tertiary/aromatic N) is 2. The number of carboxylic acid groups (broad SMARTS) is 1. The predicted molar refractivity (Wildman–Crippen MR) is 78.0 cm³/mol. The van der Waals surface area contributed by atoms with Crippen LogP contribution < -0.4 is 10.6 Å². The van der Waals surface area contributed by atoms with Gasteiger partial charge in [-0.1, -0.05) is 11.6 Å². The summed E-state index contributed by atoms with van der Waals surface area (Å²) in [5.41, 5.74) is 1.37. The van der Waals surface area contributed by atoms with Crippen LogP contribution in [0.1, 0.15) is 16.1 Å². The van der Waals surface area contributed by atoms with E-state index < -0.39 is 5.97 Å². The maximum absolute atomic E-state index is 11.0. The molecule has 1 aromatic heterocycles. The smallest absolute Gasteiger partial charge is 0.337 e. The van der Waals surface area contributed by atoms with Crippen LogP contribution in [0.3, 0.4) is 0 Å². The van der Waals surface area contributed by atoms with Crippen LogP contribution in [0.25, 0.3) is 0 Å². The molecule has 1 aromatic carbocycles. The van der Waals surface area contributed by atoms with Crippen molar-refractivity contribution in [3.63, 3.8) is 0 Å². The number of hydrogen-bond acceptors (Lipinski definition) is 5. The molecule has 0 unspecified atom stereocenters. The molecule has 7 heteroatoms. The van der Waals surface area contributed by atoms with Crippen molar-refractivity contribution in [2.75, 3.05) is 17.7 Å². The van der Waals surface area contributed by atoms with Crippen LogP contribution >= 0.6 is 11.6 Å². The number of anilines is 3. The molecule has 0 atom stereocenters. The van der Waals surface area contributed by atoms with Gasteiger partial charge in [-0.3, -0.25) is 0 Å². The van der Waals surface area contributed by atoms with Crippen LogP contribution in [0.2, 0.25) is 5.02 Å². The van der Waals surface area contributed by atoms with E-state index in [0.29, 0.717) is 17.5 Å². The van der Waals surface area contributed by atoms with E-state index in [4.69, 9.17) is 16.7 Å². The predicted octanol–water partition coefficient (Wildman–Crippen LogP) is 2.92. The summed E-state index contributed by atoms with van der Waals surface area (Å²) in [5.74, 6) is -0.0276. The van der Waals surface area contributed by atoms with E-state index in [1.165, 1.54) is 12.1 Å². The third kappa shape index (κ3) is 3.16. The van der Waals surface area contributed by atoms with Crippen LogP contribution in [0.15, 0.2) is 24.3 Å². The van der Waals surface area contributed by atoms with Gasteiger partial charge >= 0.3 is 5.97 Å². The first-order valence-electron chi connectivity index (χ1n) is 5.83. The van der Waals surface area contributed by atoms with Gasteiger partial charge in [0.05, 0.1) is 10.6 Å². The number of rotatable bonds is 4. The molecule has 104 valence electrons. The zero-order valence-corrected chi connectivity index (χ0v) is 11.7. The molecule has 2 aromatic rings. The van der Waals surface area contributed by atoms with Crippen LogP contribution in [0, 0.1) is 6.92 Å². The SMILES string of the molecule is CNc1cc(C)nc(Nc2ccc(Cl)c(C(=O)O)c2)n1. The fourth-order valence-electron chi connectivity index (χ4n) is 1.65. The van der Waals surface area contributed by atoms with Crippen molar-refractivity contribution in [1.29, 1.82) is 0 Å². The Morgan fingerprint density at radius 2 is 2.05 bits per heavy atom. The Labute approximate surface area is 120 Å². The van der Waals surface area contributed by atoms with E-state index in [1.54, 1.807) is 19.2 Å². The maximum atomic E-state index is 11.0. The van der Waals surface area contributed by atoms with Gasteiger partial charge in [-0.2, -0.15) is 4.98 Å². The Morgan fingerprint density at radius 3 is 2.70 bits per heavy atom. The number of nitrogens with one attached hydrogen (secondary N) is 2. The largest absolute Gasteiger partial charge is 0.478 e. The molecule has 0 radical (unpaired) electrons. The normalized spacial score (nSPS) is 10.2. The Bertz CT molecular complexity index is 661. The number of aromatic carboxylic acids is 1. The van der Waals surface area contributed by atoms with Crippen molar-refractivity contribution in [2.24, 2.45) is 0 Å². The molecule has 0 aliphatic heterocycles. The molecule has 0 aliphatic rings. The van der Waals surface area contributed by atoms with Gasteiger partial charge in [0.25, 0.3) is 0 Å². The number of aromatic nitrogens is 2. The topological polar surface area (TPSA) is 87.1 Å². The third-order valence-electron chi connectivity index (χ3n) is 2.56. The highest BCUT2D eigenvalue weighted by Gasteiger charge is 2.10. The molecular weight excluding hydrogens is 280 g/mol. The summed E-state index contributed by atoms with van der Waals surface area (Å²) in [7, 11) is 1.76. The quantitative estimate of drug-likeness (QED) is 0.803. The van der Waals surface area contributed by atoms with E-state index in [0.717, 1.165) is 5.69 Å². The van der Waals surface area contributed by atoms with Crippen molar-refractivity contribution in [2.45, 2.75) is 6.92 Å². The number of benzene rings is 1. The first-order chi connectivity index (χ1) is 9.49. The van der Waals surface area contributed by atoms with Gasteiger partial charge in [0.2, 0.25) is 5.95 Å². The monoisotopic (exact) mass is 292 g/mol. The third-order valence-corrected chi connectivity index (χ3v) is 2.89. The molecule has 20 heavy (non-hydrogen) atoms. The second-order valence-corrected chi connectivity index (χ2v) is 4.50. The second-order valence-electron chi connectivity index (χ2n) is 4.09. The molecule has 0 saturated heterocycles. The highest BCUT2D eigenvalue weighted by atomic mass is 35.5. The number of carboxylic acids is 1. The summed E-state index contributed by atoms with van der Waals surface area (Å²) in [6.45, 7) is 1.85. The van der Waals surface area contributed by atoms with E-state index in [9.17, 15) is 4.79 Å². The number of carbonyl (C=O) groups is 1. The lowest BCUT2D eigenvalue weighted by Crippen LogP contribution is -2.03. The first-order valence-corrected chi connectivity index (χ1v) is 6.20. The van der Waals surface area contributed by atoms with E-state index in [1.807, 2.05) is 6.92 Å².